The molecular formula is C37H43F2N13O4. The number of halogens is 2. The first-order valence-corrected chi connectivity index (χ1v) is 19.0. The Morgan fingerprint density at radius 3 is 1.64 bits per heavy atom. The van der Waals surface area contributed by atoms with Crippen molar-refractivity contribution in [3.63, 3.8) is 0 Å². The molecule has 0 N–H and O–H groups in total. The Labute approximate surface area is 321 Å². The Balaban J connectivity index is 1.09. The van der Waals surface area contributed by atoms with E-state index in [0.717, 1.165) is 12.8 Å². The van der Waals surface area contributed by atoms with Crippen molar-refractivity contribution in [2.75, 3.05) is 26.2 Å². The Morgan fingerprint density at radius 1 is 0.714 bits per heavy atom. The van der Waals surface area contributed by atoms with Gasteiger partial charge in [-0.3, -0.25) is 33.5 Å². The summed E-state index contributed by atoms with van der Waals surface area (Å²) >= 11 is 0. The van der Waals surface area contributed by atoms with Gasteiger partial charge in [0.2, 0.25) is 11.8 Å². The van der Waals surface area contributed by atoms with Gasteiger partial charge in [-0.05, 0) is 62.5 Å². The van der Waals surface area contributed by atoms with Crippen LogP contribution in [0.1, 0.15) is 72.2 Å². The van der Waals surface area contributed by atoms with Crippen molar-refractivity contribution in [1.82, 2.24) is 54.1 Å². The molecule has 2 saturated heterocycles. The first kappa shape index (κ1) is 38.4. The lowest BCUT2D eigenvalue weighted by atomic mass is 10.1. The van der Waals surface area contributed by atoms with Crippen molar-refractivity contribution in [1.29, 1.82) is 10.5 Å². The van der Waals surface area contributed by atoms with E-state index in [9.17, 15) is 38.5 Å². The molecule has 7 rings (SSSR count). The monoisotopic (exact) mass is 771 g/mol. The minimum Gasteiger partial charge on any atom is -0.326 e. The van der Waals surface area contributed by atoms with E-state index in [2.05, 4.69) is 25.1 Å². The maximum atomic E-state index is 14.3. The zero-order chi connectivity index (χ0) is 39.3. The van der Waals surface area contributed by atoms with E-state index >= 15 is 0 Å². The topological polar surface area (TPSA) is 203 Å². The summed E-state index contributed by atoms with van der Waals surface area (Å²) in [6, 6.07) is 4.30. The number of nitrogens with zero attached hydrogens (tertiary/aromatic N) is 13. The van der Waals surface area contributed by atoms with Gasteiger partial charge >= 0.3 is 0 Å². The Bertz CT molecular complexity index is 1810. The highest BCUT2D eigenvalue weighted by Crippen LogP contribution is 2.34. The van der Waals surface area contributed by atoms with Gasteiger partial charge < -0.3 is 19.6 Å². The number of amides is 4. The molecule has 3 unspecified atom stereocenters. The van der Waals surface area contributed by atoms with E-state index in [1.54, 1.807) is 22.0 Å². The normalized spacial score (nSPS) is 27.2. The summed E-state index contributed by atoms with van der Waals surface area (Å²) < 4.78 is 32.0. The lowest BCUT2D eigenvalue weighted by Gasteiger charge is -2.32. The van der Waals surface area contributed by atoms with Crippen LogP contribution < -0.4 is 0 Å². The fraction of sp³-hybridized carbons (Fsp3) is 0.595. The van der Waals surface area contributed by atoms with Gasteiger partial charge in [-0.1, -0.05) is 0 Å². The molecule has 0 bridgehead atoms. The number of rotatable bonds is 12. The van der Waals surface area contributed by atoms with Crippen molar-refractivity contribution >= 4 is 23.6 Å². The lowest BCUT2D eigenvalue weighted by Crippen LogP contribution is -2.48. The molecule has 2 saturated carbocycles. The highest BCUT2D eigenvalue weighted by atomic mass is 19.1. The molecule has 56 heavy (non-hydrogen) atoms. The van der Waals surface area contributed by atoms with Gasteiger partial charge in [0.05, 0.1) is 30.8 Å². The average Bonchev–Trinajstić information content (AvgIpc) is 4.06. The molecule has 294 valence electrons. The van der Waals surface area contributed by atoms with Crippen LogP contribution in [0.15, 0.2) is 43.6 Å². The van der Waals surface area contributed by atoms with Crippen molar-refractivity contribution in [2.24, 2.45) is 11.8 Å². The summed E-state index contributed by atoms with van der Waals surface area (Å²) in [5.41, 5.74) is 0.102. The van der Waals surface area contributed by atoms with E-state index < -0.39 is 48.1 Å². The molecule has 3 aromatic heterocycles. The molecule has 0 spiro atoms. The molecule has 2 aliphatic carbocycles. The van der Waals surface area contributed by atoms with Crippen molar-refractivity contribution in [3.05, 3.63) is 54.9 Å². The van der Waals surface area contributed by atoms with Crippen molar-refractivity contribution < 1.29 is 28.0 Å². The van der Waals surface area contributed by atoms with Gasteiger partial charge in [0.15, 0.2) is 0 Å². The number of nitriles is 2. The predicted molar refractivity (Wildman–Crippen MR) is 190 cm³/mol. The van der Waals surface area contributed by atoms with Gasteiger partial charge in [-0.2, -0.15) is 20.7 Å². The first-order chi connectivity index (χ1) is 27.1. The highest BCUT2D eigenvalue weighted by molar-refractivity contribution is 5.99. The summed E-state index contributed by atoms with van der Waals surface area (Å²) in [7, 11) is 0. The number of likely N-dealkylation sites (tertiary alicyclic amines) is 2. The second-order valence-electron chi connectivity index (χ2n) is 15.2. The maximum Gasteiger partial charge on any atom is 0.273 e. The molecule has 2 aliphatic heterocycles. The molecule has 4 aliphatic rings. The van der Waals surface area contributed by atoms with Gasteiger partial charge in [0.1, 0.15) is 68.5 Å². The molecule has 19 heteroatoms. The van der Waals surface area contributed by atoms with Crippen molar-refractivity contribution in [3.8, 4) is 12.1 Å². The number of aromatic nitrogens is 7. The molecular weight excluding hydrogens is 728 g/mol. The number of carbonyl (C=O) groups excluding carboxylic acids is 4. The molecule has 17 nitrogen and oxygen atoms in total. The zero-order valence-electron chi connectivity index (χ0n) is 30.8. The number of hydrogen-bond donors (Lipinski definition) is 0. The smallest absolute Gasteiger partial charge is 0.273 e. The van der Waals surface area contributed by atoms with Crippen LogP contribution in [0.4, 0.5) is 8.78 Å². The van der Waals surface area contributed by atoms with Crippen LogP contribution in [0.2, 0.25) is 0 Å². The molecule has 4 amide bonds. The molecule has 3 aromatic rings. The summed E-state index contributed by atoms with van der Waals surface area (Å²) in [4.78, 5) is 73.2. The van der Waals surface area contributed by atoms with Gasteiger partial charge in [0, 0.05) is 44.2 Å². The lowest BCUT2D eigenvalue weighted by molar-refractivity contribution is -0.133. The summed E-state index contributed by atoms with van der Waals surface area (Å²) in [5, 5.41) is 27.5. The minimum atomic E-state index is -1.33. The zero-order valence-corrected chi connectivity index (χ0v) is 30.8. The standard InChI is InChI=1S/C37H43F2N13O4/c38-27-9-31(11-40)49(16-27)34(53)18-51(29-4-1-24(7-29)14-47-22-42-20-45-47)36(55)26-3-6-33(44-13-26)37(56)52(19-35(54)50-17-28(39)10-32(50)12-41)30-5-2-25(8-30)15-48-23-43-21-46-48/h3,6,13,20-25,27-32H,1-2,4-5,7-10,14-19H2/t24?,25?,27-,28-,29+,30?,31-,32-/m0/s1. The summed E-state index contributed by atoms with van der Waals surface area (Å²) in [6.07, 6.45) is 8.42. The molecule has 8 atom stereocenters. The fourth-order valence-electron chi connectivity index (χ4n) is 8.71. The van der Waals surface area contributed by atoms with Crippen LogP contribution in [-0.4, -0.2) is 140 Å². The van der Waals surface area contributed by atoms with Gasteiger partial charge in [-0.25, -0.2) is 18.7 Å². The van der Waals surface area contributed by atoms with Crippen LogP contribution >= 0.6 is 0 Å². The quantitative estimate of drug-likeness (QED) is 0.260. The summed E-state index contributed by atoms with van der Waals surface area (Å²) in [6.45, 7) is -0.0160. The summed E-state index contributed by atoms with van der Waals surface area (Å²) in [5.74, 6) is -1.82. The molecule has 0 radical (unpaired) electrons. The molecule has 0 aromatic carbocycles. The average molecular weight is 772 g/mol. The Morgan fingerprint density at radius 2 is 1.21 bits per heavy atom. The van der Waals surface area contributed by atoms with Gasteiger partial charge in [0.25, 0.3) is 11.8 Å². The van der Waals surface area contributed by atoms with Crippen LogP contribution in [0.25, 0.3) is 0 Å². The number of carbonyl (C=O) groups is 4. The Kier molecular flexibility index (Phi) is 11.6. The number of pyridine rings is 1. The van der Waals surface area contributed by atoms with E-state index in [0.29, 0.717) is 38.8 Å². The third-order valence-corrected chi connectivity index (χ3v) is 11.5. The van der Waals surface area contributed by atoms with Crippen LogP contribution in [0, 0.1) is 34.5 Å². The third kappa shape index (κ3) is 8.51. The van der Waals surface area contributed by atoms with Crippen LogP contribution in [-0.2, 0) is 22.7 Å². The molecule has 5 heterocycles. The van der Waals surface area contributed by atoms with E-state index in [4.69, 9.17) is 0 Å². The van der Waals surface area contributed by atoms with Crippen molar-refractivity contribution in [2.45, 2.75) is 101 Å². The van der Waals surface area contributed by atoms with Gasteiger partial charge in [-0.15, -0.1) is 0 Å². The van der Waals surface area contributed by atoms with Crippen LogP contribution in [0.5, 0.6) is 0 Å². The predicted octanol–water partition coefficient (Wildman–Crippen LogP) is 1.81. The first-order valence-electron chi connectivity index (χ1n) is 19.0. The second kappa shape index (κ2) is 16.9. The molecule has 4 fully saturated rings. The number of alkyl halides is 2. The fourth-order valence-corrected chi connectivity index (χ4v) is 8.71. The van der Waals surface area contributed by atoms with E-state index in [-0.39, 0.29) is 74.2 Å². The van der Waals surface area contributed by atoms with E-state index in [1.807, 2.05) is 12.1 Å². The van der Waals surface area contributed by atoms with E-state index in [1.165, 1.54) is 50.6 Å². The second-order valence-corrected chi connectivity index (χ2v) is 15.2. The SMILES string of the molecule is N#C[C@@H]1C[C@H](F)CN1C(=O)CN(C(=O)c1ccc(C(=O)N(CC(=O)N2C[C@@H](F)C[C@H]2C#N)[C@@H]2CCC(Cn3cncn3)C2)cn1)C1CCC(Cn2cncn2)C1. The minimum absolute atomic E-state index is 0.0185. The third-order valence-electron chi connectivity index (χ3n) is 11.5. The Hall–Kier alpha value is -5.85. The van der Waals surface area contributed by atoms with Crippen LogP contribution in [0.3, 0.4) is 0 Å². The largest absolute Gasteiger partial charge is 0.326 e. The number of hydrogen-bond acceptors (Lipinski definition) is 11. The maximum absolute atomic E-state index is 14.3. The highest BCUT2D eigenvalue weighted by Gasteiger charge is 2.41.